The number of carbonyl (C=O) groups is 1. The highest BCUT2D eigenvalue weighted by Crippen LogP contribution is 2.31. The van der Waals surface area contributed by atoms with E-state index in [4.69, 9.17) is 4.74 Å². The van der Waals surface area contributed by atoms with Crippen LogP contribution in [0.1, 0.15) is 33.1 Å². The molecule has 0 aromatic rings. The third-order valence-electron chi connectivity index (χ3n) is 2.14. The smallest absolute Gasteiger partial charge is 0.319 e. The molecule has 1 saturated carbocycles. The van der Waals surface area contributed by atoms with Gasteiger partial charge in [-0.3, -0.25) is 4.79 Å². The number of ether oxygens (including phenoxy) is 1. The van der Waals surface area contributed by atoms with Gasteiger partial charge in [0, 0.05) is 6.04 Å². The summed E-state index contributed by atoms with van der Waals surface area (Å²) in [5, 5.41) is 3.02. The third-order valence-corrected chi connectivity index (χ3v) is 2.14. The molecule has 13 heavy (non-hydrogen) atoms. The average Bonchev–Trinajstić information content (AvgIpc) is 2.84. The molecule has 1 aliphatic carbocycles. The molecule has 0 spiro atoms. The molecule has 3 heteroatoms. The summed E-state index contributed by atoms with van der Waals surface area (Å²) in [7, 11) is 0. The summed E-state index contributed by atoms with van der Waals surface area (Å²) in [5.41, 5.74) is 0. The first kappa shape index (κ1) is 10.5. The van der Waals surface area contributed by atoms with E-state index in [0.29, 0.717) is 19.2 Å². The van der Waals surface area contributed by atoms with Gasteiger partial charge < -0.3 is 10.1 Å². The zero-order chi connectivity index (χ0) is 9.68. The van der Waals surface area contributed by atoms with Gasteiger partial charge in [0.1, 0.15) is 0 Å². The molecule has 0 aromatic heterocycles. The van der Waals surface area contributed by atoms with Crippen molar-refractivity contribution in [1.82, 2.24) is 5.32 Å². The molecule has 0 unspecified atom stereocenters. The van der Waals surface area contributed by atoms with Crippen molar-refractivity contribution in [3.8, 4) is 0 Å². The van der Waals surface area contributed by atoms with Gasteiger partial charge in [-0.15, -0.1) is 0 Å². The molecule has 0 heterocycles. The molecule has 0 bridgehead atoms. The van der Waals surface area contributed by atoms with Gasteiger partial charge in [0.2, 0.25) is 0 Å². The highest BCUT2D eigenvalue weighted by Gasteiger charge is 2.21. The molecule has 3 nitrogen and oxygen atoms in total. The largest absolute Gasteiger partial charge is 0.465 e. The molecule has 0 saturated heterocycles. The summed E-state index contributed by atoms with van der Waals surface area (Å²) in [5.74, 6) is 0.709. The maximum absolute atomic E-state index is 11.1. The van der Waals surface area contributed by atoms with Gasteiger partial charge in [0.05, 0.1) is 13.2 Å². The number of carbonyl (C=O) groups excluding carboxylic acids is 1. The van der Waals surface area contributed by atoms with Crippen molar-refractivity contribution in [2.45, 2.75) is 39.2 Å². The lowest BCUT2D eigenvalue weighted by Crippen LogP contribution is -2.30. The van der Waals surface area contributed by atoms with Crippen molar-refractivity contribution >= 4 is 5.97 Å². The van der Waals surface area contributed by atoms with Crippen LogP contribution in [-0.4, -0.2) is 25.2 Å². The van der Waals surface area contributed by atoms with Crippen LogP contribution >= 0.6 is 0 Å². The summed E-state index contributed by atoms with van der Waals surface area (Å²) in [6.07, 6.45) is 3.69. The van der Waals surface area contributed by atoms with E-state index < -0.39 is 0 Å². The average molecular weight is 185 g/mol. The van der Waals surface area contributed by atoms with Crippen LogP contribution in [0.4, 0.5) is 0 Å². The predicted molar refractivity (Wildman–Crippen MR) is 51.4 cm³/mol. The summed E-state index contributed by atoms with van der Waals surface area (Å²) in [6.45, 7) is 4.96. The molecule has 0 aromatic carbocycles. The number of rotatable bonds is 6. The number of esters is 1. The van der Waals surface area contributed by atoms with Gasteiger partial charge >= 0.3 is 5.97 Å². The summed E-state index contributed by atoms with van der Waals surface area (Å²) in [6, 6.07) is 0.344. The van der Waals surface area contributed by atoms with Crippen LogP contribution in [0.15, 0.2) is 0 Å². The van der Waals surface area contributed by atoms with Crippen LogP contribution in [0, 0.1) is 5.92 Å². The number of hydrogen-bond donors (Lipinski definition) is 1. The predicted octanol–water partition coefficient (Wildman–Crippen LogP) is 1.33. The Bertz CT molecular complexity index is 164. The van der Waals surface area contributed by atoms with Crippen molar-refractivity contribution < 1.29 is 9.53 Å². The Morgan fingerprint density at radius 3 is 2.77 bits per heavy atom. The zero-order valence-corrected chi connectivity index (χ0v) is 8.51. The van der Waals surface area contributed by atoms with E-state index in [9.17, 15) is 4.79 Å². The van der Waals surface area contributed by atoms with E-state index in [1.165, 1.54) is 12.8 Å². The Labute approximate surface area is 79.8 Å². The van der Waals surface area contributed by atoms with Gasteiger partial charge in [0.25, 0.3) is 0 Å². The van der Waals surface area contributed by atoms with Gasteiger partial charge in [-0.2, -0.15) is 0 Å². The minimum absolute atomic E-state index is 0.130. The van der Waals surface area contributed by atoms with Gasteiger partial charge in [-0.05, 0) is 12.3 Å². The Hall–Kier alpha value is -0.570. The maximum atomic E-state index is 11.1. The zero-order valence-electron chi connectivity index (χ0n) is 8.51. The molecule has 0 atom stereocenters. The van der Waals surface area contributed by atoms with E-state index in [0.717, 1.165) is 12.3 Å². The van der Waals surface area contributed by atoms with E-state index in [1.807, 2.05) is 13.8 Å². The number of nitrogens with one attached hydrogen (secondary N) is 1. The van der Waals surface area contributed by atoms with Crippen LogP contribution < -0.4 is 5.32 Å². The van der Waals surface area contributed by atoms with Crippen LogP contribution in [0.2, 0.25) is 0 Å². The Balaban J connectivity index is 1.90. The standard InChI is InChI=1S/C10H19NO2/c1-8(2)11-7-10(12)13-6-5-9-3-4-9/h8-9,11H,3-7H2,1-2H3. The molecular weight excluding hydrogens is 166 g/mol. The second-order valence-corrected chi connectivity index (χ2v) is 3.99. The minimum Gasteiger partial charge on any atom is -0.465 e. The molecule has 0 amide bonds. The molecule has 76 valence electrons. The lowest BCUT2D eigenvalue weighted by Gasteiger charge is -2.07. The Kier molecular flexibility index (Phi) is 4.22. The van der Waals surface area contributed by atoms with Crippen molar-refractivity contribution in [3.05, 3.63) is 0 Å². The molecule has 1 N–H and O–H groups in total. The molecule has 0 aliphatic heterocycles. The fraction of sp³-hybridized carbons (Fsp3) is 0.900. The van der Waals surface area contributed by atoms with Crippen molar-refractivity contribution in [3.63, 3.8) is 0 Å². The van der Waals surface area contributed by atoms with E-state index in [-0.39, 0.29) is 5.97 Å². The van der Waals surface area contributed by atoms with Crippen molar-refractivity contribution in [2.75, 3.05) is 13.2 Å². The van der Waals surface area contributed by atoms with Crippen molar-refractivity contribution in [2.24, 2.45) is 5.92 Å². The second-order valence-electron chi connectivity index (χ2n) is 3.99. The van der Waals surface area contributed by atoms with Crippen LogP contribution in [0.3, 0.4) is 0 Å². The monoisotopic (exact) mass is 185 g/mol. The molecule has 1 aliphatic rings. The van der Waals surface area contributed by atoms with E-state index in [2.05, 4.69) is 5.32 Å². The normalized spacial score (nSPS) is 16.2. The van der Waals surface area contributed by atoms with Crippen LogP contribution in [-0.2, 0) is 9.53 Å². The van der Waals surface area contributed by atoms with Gasteiger partial charge in [-0.1, -0.05) is 26.7 Å². The Morgan fingerprint density at radius 1 is 1.54 bits per heavy atom. The van der Waals surface area contributed by atoms with Crippen LogP contribution in [0.25, 0.3) is 0 Å². The SMILES string of the molecule is CC(C)NCC(=O)OCCC1CC1. The first-order valence-corrected chi connectivity index (χ1v) is 5.07. The summed E-state index contributed by atoms with van der Waals surface area (Å²) in [4.78, 5) is 11.1. The molecular formula is C10H19NO2. The molecule has 0 radical (unpaired) electrons. The third kappa shape index (κ3) is 5.64. The first-order chi connectivity index (χ1) is 6.18. The van der Waals surface area contributed by atoms with E-state index >= 15 is 0 Å². The van der Waals surface area contributed by atoms with E-state index in [1.54, 1.807) is 0 Å². The second kappa shape index (κ2) is 5.22. The Morgan fingerprint density at radius 2 is 2.23 bits per heavy atom. The topological polar surface area (TPSA) is 38.3 Å². The summed E-state index contributed by atoms with van der Waals surface area (Å²) >= 11 is 0. The molecule has 1 fully saturated rings. The minimum atomic E-state index is -0.130. The fourth-order valence-electron chi connectivity index (χ4n) is 1.08. The number of hydrogen-bond acceptors (Lipinski definition) is 3. The van der Waals surface area contributed by atoms with Crippen molar-refractivity contribution in [1.29, 1.82) is 0 Å². The first-order valence-electron chi connectivity index (χ1n) is 5.07. The summed E-state index contributed by atoms with van der Waals surface area (Å²) < 4.78 is 5.04. The van der Waals surface area contributed by atoms with Crippen LogP contribution in [0.5, 0.6) is 0 Å². The van der Waals surface area contributed by atoms with Gasteiger partial charge in [0.15, 0.2) is 0 Å². The highest BCUT2D eigenvalue weighted by atomic mass is 16.5. The fourth-order valence-corrected chi connectivity index (χ4v) is 1.08. The quantitative estimate of drug-likeness (QED) is 0.634. The maximum Gasteiger partial charge on any atom is 0.319 e. The molecule has 1 rings (SSSR count). The van der Waals surface area contributed by atoms with Gasteiger partial charge in [-0.25, -0.2) is 0 Å². The highest BCUT2D eigenvalue weighted by molar-refractivity contribution is 5.71. The lowest BCUT2D eigenvalue weighted by molar-refractivity contribution is -0.142. The lowest BCUT2D eigenvalue weighted by atomic mass is 10.3.